The number of hydrogen-bond donors (Lipinski definition) is 2. The molecule has 0 aromatic carbocycles. The van der Waals surface area contributed by atoms with Gasteiger partial charge in [0.25, 0.3) is 5.91 Å². The van der Waals surface area contributed by atoms with E-state index in [0.717, 1.165) is 5.69 Å². The number of carboxylic acids is 1. The first-order chi connectivity index (χ1) is 8.50. The van der Waals surface area contributed by atoms with E-state index in [1.54, 1.807) is 45.4 Å². The lowest BCUT2D eigenvalue weighted by Crippen LogP contribution is -2.57. The lowest BCUT2D eigenvalue weighted by Gasteiger charge is -2.38. The molecule has 0 aliphatic heterocycles. The topological polar surface area (TPSA) is 71.3 Å². The monoisotopic (exact) mass is 266 g/mol. The van der Waals surface area contributed by atoms with Crippen molar-refractivity contribution in [1.82, 2.24) is 9.88 Å². The van der Waals surface area contributed by atoms with Crippen molar-refractivity contribution in [3.63, 3.8) is 0 Å². The quantitative estimate of drug-likeness (QED) is 0.875. The zero-order valence-electron chi connectivity index (χ0n) is 12.4. The van der Waals surface area contributed by atoms with E-state index >= 15 is 0 Å². The van der Waals surface area contributed by atoms with E-state index in [2.05, 4.69) is 5.32 Å². The van der Waals surface area contributed by atoms with Gasteiger partial charge in [-0.15, -0.1) is 0 Å². The summed E-state index contributed by atoms with van der Waals surface area (Å²) in [6, 6.07) is 3.58. The standard InChI is InChI=1S/C14H22N2O3/c1-9-7-8-10(16(9)6)11(17)15-14(4,5)13(2,3)12(18)19/h7-8H,1-6H3,(H,15,17)(H,18,19). The Morgan fingerprint density at radius 2 is 1.74 bits per heavy atom. The van der Waals surface area contributed by atoms with Gasteiger partial charge in [-0.3, -0.25) is 9.59 Å². The summed E-state index contributed by atoms with van der Waals surface area (Å²) in [4.78, 5) is 23.5. The Hall–Kier alpha value is -1.78. The van der Waals surface area contributed by atoms with Crippen LogP contribution in [0, 0.1) is 12.3 Å². The van der Waals surface area contributed by atoms with Crippen LogP contribution in [0.1, 0.15) is 43.9 Å². The van der Waals surface area contributed by atoms with Crippen molar-refractivity contribution in [2.75, 3.05) is 0 Å². The molecule has 19 heavy (non-hydrogen) atoms. The third kappa shape index (κ3) is 2.64. The molecular formula is C14H22N2O3. The van der Waals surface area contributed by atoms with E-state index < -0.39 is 16.9 Å². The second-order valence-electron chi connectivity index (χ2n) is 5.93. The van der Waals surface area contributed by atoms with Gasteiger partial charge in [-0.1, -0.05) is 0 Å². The van der Waals surface area contributed by atoms with Gasteiger partial charge in [-0.05, 0) is 46.8 Å². The molecule has 0 spiro atoms. The third-order valence-corrected chi connectivity index (χ3v) is 4.13. The fourth-order valence-corrected chi connectivity index (χ4v) is 1.61. The van der Waals surface area contributed by atoms with E-state index in [9.17, 15) is 14.7 Å². The Morgan fingerprint density at radius 1 is 1.21 bits per heavy atom. The number of carbonyl (C=O) groups is 2. The van der Waals surface area contributed by atoms with E-state index in [0.29, 0.717) is 5.69 Å². The van der Waals surface area contributed by atoms with E-state index in [4.69, 9.17) is 0 Å². The van der Waals surface area contributed by atoms with Crippen molar-refractivity contribution in [1.29, 1.82) is 0 Å². The number of hydrogen-bond acceptors (Lipinski definition) is 2. The summed E-state index contributed by atoms with van der Waals surface area (Å²) in [5.74, 6) is -1.21. The number of rotatable bonds is 4. The van der Waals surface area contributed by atoms with Gasteiger partial charge in [0, 0.05) is 12.7 Å². The van der Waals surface area contributed by atoms with E-state index in [1.165, 1.54) is 0 Å². The number of aliphatic carboxylic acids is 1. The largest absolute Gasteiger partial charge is 0.481 e. The van der Waals surface area contributed by atoms with Crippen LogP contribution in [0.4, 0.5) is 0 Å². The zero-order valence-corrected chi connectivity index (χ0v) is 12.4. The summed E-state index contributed by atoms with van der Waals surface area (Å²) in [5, 5.41) is 12.1. The number of carbonyl (C=O) groups excluding carboxylic acids is 1. The minimum Gasteiger partial charge on any atom is -0.481 e. The van der Waals surface area contributed by atoms with Gasteiger partial charge >= 0.3 is 5.97 Å². The average Bonchev–Trinajstić information content (AvgIpc) is 2.58. The fraction of sp³-hybridized carbons (Fsp3) is 0.571. The van der Waals surface area contributed by atoms with Crippen LogP contribution in [-0.4, -0.2) is 27.1 Å². The van der Waals surface area contributed by atoms with Crippen LogP contribution in [-0.2, 0) is 11.8 Å². The molecule has 0 aliphatic carbocycles. The number of aromatic nitrogens is 1. The molecule has 0 saturated carbocycles. The second-order valence-corrected chi connectivity index (χ2v) is 5.93. The molecule has 1 amide bonds. The third-order valence-electron chi connectivity index (χ3n) is 4.13. The summed E-state index contributed by atoms with van der Waals surface area (Å²) in [5.41, 5.74) is -0.441. The molecule has 0 bridgehead atoms. The van der Waals surface area contributed by atoms with E-state index in [-0.39, 0.29) is 5.91 Å². The van der Waals surface area contributed by atoms with Gasteiger partial charge in [-0.2, -0.15) is 0 Å². The normalized spacial score (nSPS) is 12.3. The number of nitrogens with one attached hydrogen (secondary N) is 1. The van der Waals surface area contributed by atoms with Gasteiger partial charge < -0.3 is 15.0 Å². The van der Waals surface area contributed by atoms with Crippen LogP contribution >= 0.6 is 0 Å². The maximum Gasteiger partial charge on any atom is 0.311 e. The predicted molar refractivity (Wildman–Crippen MR) is 73.1 cm³/mol. The Morgan fingerprint density at radius 3 is 2.11 bits per heavy atom. The van der Waals surface area contributed by atoms with Crippen LogP contribution < -0.4 is 5.32 Å². The van der Waals surface area contributed by atoms with Crippen molar-refractivity contribution in [3.8, 4) is 0 Å². The molecule has 106 valence electrons. The molecule has 0 aliphatic rings. The second kappa shape index (κ2) is 4.72. The van der Waals surface area contributed by atoms with Crippen LogP contribution in [0.5, 0.6) is 0 Å². The average molecular weight is 266 g/mol. The Kier molecular flexibility index (Phi) is 3.79. The van der Waals surface area contributed by atoms with Gasteiger partial charge in [0.2, 0.25) is 0 Å². The number of nitrogens with zero attached hydrogens (tertiary/aromatic N) is 1. The minimum atomic E-state index is -1.07. The smallest absolute Gasteiger partial charge is 0.311 e. The first-order valence-corrected chi connectivity index (χ1v) is 6.19. The Balaban J connectivity index is 2.99. The molecule has 0 radical (unpaired) electrons. The number of aryl methyl sites for hydroxylation is 1. The summed E-state index contributed by atoms with van der Waals surface area (Å²) in [6.45, 7) is 8.55. The first-order valence-electron chi connectivity index (χ1n) is 6.19. The highest BCUT2D eigenvalue weighted by molar-refractivity contribution is 5.94. The number of amides is 1. The van der Waals surface area contributed by atoms with Crippen molar-refractivity contribution >= 4 is 11.9 Å². The first kappa shape index (κ1) is 15.3. The molecule has 0 saturated heterocycles. The maximum absolute atomic E-state index is 12.2. The molecule has 5 heteroatoms. The minimum absolute atomic E-state index is 0.269. The fourth-order valence-electron chi connectivity index (χ4n) is 1.61. The Labute approximate surface area is 113 Å². The molecule has 5 nitrogen and oxygen atoms in total. The van der Waals surface area contributed by atoms with Gasteiger partial charge in [0.15, 0.2) is 0 Å². The summed E-state index contributed by atoms with van der Waals surface area (Å²) in [6.07, 6.45) is 0. The molecule has 0 atom stereocenters. The zero-order chi connectivity index (χ0) is 15.0. The maximum atomic E-state index is 12.2. The summed E-state index contributed by atoms with van der Waals surface area (Å²) < 4.78 is 1.78. The molecular weight excluding hydrogens is 244 g/mol. The van der Waals surface area contributed by atoms with Crippen LogP contribution in [0.25, 0.3) is 0 Å². The molecule has 0 fully saturated rings. The molecule has 2 N–H and O–H groups in total. The molecule has 1 aromatic heterocycles. The lowest BCUT2D eigenvalue weighted by atomic mass is 9.74. The molecule has 0 unspecified atom stereocenters. The van der Waals surface area contributed by atoms with Crippen LogP contribution in [0.2, 0.25) is 0 Å². The highest BCUT2D eigenvalue weighted by Crippen LogP contribution is 2.31. The van der Waals surface area contributed by atoms with Gasteiger partial charge in [-0.25, -0.2) is 0 Å². The Bertz CT molecular complexity index is 513. The molecule has 1 aromatic rings. The summed E-state index contributed by atoms with van der Waals surface area (Å²) in [7, 11) is 1.81. The van der Waals surface area contributed by atoms with Gasteiger partial charge in [0.05, 0.1) is 11.0 Å². The highest BCUT2D eigenvalue weighted by Gasteiger charge is 2.44. The van der Waals surface area contributed by atoms with Gasteiger partial charge in [0.1, 0.15) is 5.69 Å². The lowest BCUT2D eigenvalue weighted by molar-refractivity contribution is -0.150. The number of carboxylic acid groups (broad SMARTS) is 1. The van der Waals surface area contributed by atoms with Crippen LogP contribution in [0.3, 0.4) is 0 Å². The van der Waals surface area contributed by atoms with Crippen molar-refractivity contribution < 1.29 is 14.7 Å². The highest BCUT2D eigenvalue weighted by atomic mass is 16.4. The molecule has 1 heterocycles. The predicted octanol–water partition coefficient (Wildman–Crippen LogP) is 1.95. The van der Waals surface area contributed by atoms with E-state index in [1.807, 2.05) is 13.0 Å². The van der Waals surface area contributed by atoms with Crippen LogP contribution in [0.15, 0.2) is 12.1 Å². The van der Waals surface area contributed by atoms with Crippen molar-refractivity contribution in [2.24, 2.45) is 12.5 Å². The SMILES string of the molecule is Cc1ccc(C(=O)NC(C)(C)C(C)(C)C(=O)O)n1C. The van der Waals surface area contributed by atoms with Crippen molar-refractivity contribution in [3.05, 3.63) is 23.5 Å². The van der Waals surface area contributed by atoms with Crippen molar-refractivity contribution in [2.45, 2.75) is 40.2 Å². The molecule has 1 rings (SSSR count). The summed E-state index contributed by atoms with van der Waals surface area (Å²) >= 11 is 0.